The van der Waals surface area contributed by atoms with Crippen LogP contribution in [0.4, 0.5) is 17.2 Å². The second kappa shape index (κ2) is 9.35. The molecule has 6 heteroatoms. The summed E-state index contributed by atoms with van der Waals surface area (Å²) in [6.07, 6.45) is 10.9. The Kier molecular flexibility index (Phi) is 6.56. The first-order valence-electron chi connectivity index (χ1n) is 11.7. The van der Waals surface area contributed by atoms with Gasteiger partial charge in [-0.15, -0.1) is 0 Å². The number of hydrogen-bond acceptors (Lipinski definition) is 5. The van der Waals surface area contributed by atoms with Crippen LogP contribution < -0.4 is 15.5 Å². The number of nitrogens with zero attached hydrogens (tertiary/aromatic N) is 5. The fourth-order valence-electron chi connectivity index (χ4n) is 4.77. The molecule has 2 aromatic rings. The third-order valence-corrected chi connectivity index (χ3v) is 6.56. The van der Waals surface area contributed by atoms with Gasteiger partial charge < -0.3 is 15.5 Å². The summed E-state index contributed by atoms with van der Waals surface area (Å²) in [5.41, 5.74) is 12.2. The summed E-state index contributed by atoms with van der Waals surface area (Å²) in [6.45, 7) is 11.0. The van der Waals surface area contributed by atoms with Crippen molar-refractivity contribution < 1.29 is 4.58 Å². The van der Waals surface area contributed by atoms with E-state index in [1.165, 1.54) is 48.4 Å². The topological polar surface area (TPSA) is 61.3 Å². The third kappa shape index (κ3) is 5.06. The summed E-state index contributed by atoms with van der Waals surface area (Å²) in [6, 6.07) is 4.81. The van der Waals surface area contributed by atoms with Crippen LogP contribution >= 0.6 is 0 Å². The SMILES string of the molecule is Cc1cc(N2CCCC(C)C2)c2c(n1)[N+](C)=C2.Cc1cncc(N2CCC(N)CC2)c1. The maximum absolute atomic E-state index is 5.86. The molecule has 5 heterocycles. The van der Waals surface area contributed by atoms with Crippen LogP contribution in [-0.4, -0.2) is 60.0 Å². The zero-order chi connectivity index (χ0) is 22.0. The van der Waals surface area contributed by atoms with Gasteiger partial charge in [-0.05, 0) is 55.1 Å². The van der Waals surface area contributed by atoms with E-state index in [4.69, 9.17) is 5.73 Å². The summed E-state index contributed by atoms with van der Waals surface area (Å²) < 4.78 is 2.11. The van der Waals surface area contributed by atoms with E-state index in [-0.39, 0.29) is 0 Å². The predicted octanol–water partition coefficient (Wildman–Crippen LogP) is 3.65. The minimum Gasteiger partial charge on any atom is -0.370 e. The quantitative estimate of drug-likeness (QED) is 0.750. The molecule has 2 saturated heterocycles. The maximum atomic E-state index is 5.86. The molecule has 2 N–H and O–H groups in total. The van der Waals surface area contributed by atoms with E-state index < -0.39 is 0 Å². The van der Waals surface area contributed by atoms with Gasteiger partial charge in [-0.1, -0.05) is 6.92 Å². The largest absolute Gasteiger partial charge is 0.370 e. The fraction of sp³-hybridized carbons (Fsp3) is 0.560. The zero-order valence-corrected chi connectivity index (χ0v) is 19.5. The molecule has 2 aromatic heterocycles. The monoisotopic (exact) mass is 421 g/mol. The Morgan fingerprint density at radius 1 is 1.03 bits per heavy atom. The molecule has 3 aliphatic heterocycles. The highest BCUT2D eigenvalue weighted by molar-refractivity contribution is 5.95. The van der Waals surface area contributed by atoms with Crippen LogP contribution in [0.25, 0.3) is 0 Å². The Morgan fingerprint density at radius 2 is 1.81 bits per heavy atom. The average molecular weight is 422 g/mol. The lowest BCUT2D eigenvalue weighted by Gasteiger charge is -2.34. The minimum atomic E-state index is 0.393. The molecule has 166 valence electrons. The van der Waals surface area contributed by atoms with Gasteiger partial charge in [0.1, 0.15) is 11.8 Å². The van der Waals surface area contributed by atoms with Crippen LogP contribution in [0, 0.1) is 19.8 Å². The first-order valence-corrected chi connectivity index (χ1v) is 11.7. The molecule has 6 nitrogen and oxygen atoms in total. The molecule has 3 aliphatic rings. The first kappa shape index (κ1) is 21.8. The van der Waals surface area contributed by atoms with Gasteiger partial charge in [0.2, 0.25) is 0 Å². The van der Waals surface area contributed by atoms with Gasteiger partial charge in [0, 0.05) is 51.4 Å². The van der Waals surface area contributed by atoms with Gasteiger partial charge in [0.15, 0.2) is 5.69 Å². The lowest BCUT2D eigenvalue weighted by Crippen LogP contribution is -2.39. The number of aromatic nitrogens is 2. The molecule has 0 saturated carbocycles. The van der Waals surface area contributed by atoms with E-state index in [2.05, 4.69) is 70.5 Å². The number of fused-ring (bicyclic) bond motifs is 1. The van der Waals surface area contributed by atoms with Crippen LogP contribution in [0.2, 0.25) is 0 Å². The number of rotatable bonds is 2. The smallest absolute Gasteiger partial charge is 0.336 e. The minimum absolute atomic E-state index is 0.393. The van der Waals surface area contributed by atoms with Gasteiger partial charge in [-0.3, -0.25) is 4.98 Å². The van der Waals surface area contributed by atoms with Gasteiger partial charge in [0.05, 0.1) is 24.6 Å². The number of piperidine rings is 2. The van der Waals surface area contributed by atoms with Gasteiger partial charge >= 0.3 is 5.82 Å². The highest BCUT2D eigenvalue weighted by atomic mass is 15.2. The third-order valence-electron chi connectivity index (χ3n) is 6.56. The summed E-state index contributed by atoms with van der Waals surface area (Å²) >= 11 is 0. The van der Waals surface area contributed by atoms with E-state index >= 15 is 0 Å². The number of anilines is 2. The second-order valence-corrected chi connectivity index (χ2v) is 9.50. The maximum Gasteiger partial charge on any atom is 0.336 e. The standard InChI is InChI=1S/C14H20N3.C11H17N3/c1-10-5-4-6-17(8-10)13-7-11(2)15-14-12(13)9-16(14)3;1-9-6-11(8-13-7-9)14-4-2-10(12)3-5-14/h7,9-10H,4-6,8H2,1-3H3;6-8,10H,2-5,12H2,1H3/q+1;. The van der Waals surface area contributed by atoms with Crippen LogP contribution in [0.1, 0.15) is 49.4 Å². The normalized spacial score (nSPS) is 20.9. The molecule has 5 rings (SSSR count). The highest BCUT2D eigenvalue weighted by Gasteiger charge is 2.31. The highest BCUT2D eigenvalue weighted by Crippen LogP contribution is 2.34. The van der Waals surface area contributed by atoms with Crippen molar-refractivity contribution in [1.29, 1.82) is 0 Å². The number of hydrogen-bond donors (Lipinski definition) is 1. The second-order valence-electron chi connectivity index (χ2n) is 9.50. The van der Waals surface area contributed by atoms with Crippen LogP contribution in [0.3, 0.4) is 0 Å². The molecule has 31 heavy (non-hydrogen) atoms. The number of pyridine rings is 2. The van der Waals surface area contributed by atoms with Crippen LogP contribution in [0.15, 0.2) is 24.5 Å². The van der Waals surface area contributed by atoms with Crippen molar-refractivity contribution in [1.82, 2.24) is 9.97 Å². The summed E-state index contributed by atoms with van der Waals surface area (Å²) in [5.74, 6) is 1.95. The summed E-state index contributed by atoms with van der Waals surface area (Å²) in [4.78, 5) is 13.7. The van der Waals surface area contributed by atoms with Crippen LogP contribution in [-0.2, 0) is 0 Å². The molecule has 0 aromatic carbocycles. The molecule has 0 radical (unpaired) electrons. The van der Waals surface area contributed by atoms with Crippen molar-refractivity contribution in [3.63, 3.8) is 0 Å². The molecule has 0 spiro atoms. The first-order chi connectivity index (χ1) is 14.9. The molecular formula is C25H37N6+. The molecule has 0 aliphatic carbocycles. The molecule has 1 unspecified atom stereocenters. The Labute approximate surface area is 186 Å². The molecular weight excluding hydrogens is 384 g/mol. The van der Waals surface area contributed by atoms with Crippen molar-refractivity contribution in [2.45, 2.75) is 52.5 Å². The average Bonchev–Trinajstić information content (AvgIpc) is 2.75. The lowest BCUT2D eigenvalue weighted by atomic mass is 9.98. The molecule has 0 bridgehead atoms. The summed E-state index contributed by atoms with van der Waals surface area (Å²) in [7, 11) is 2.07. The zero-order valence-electron chi connectivity index (χ0n) is 19.5. The van der Waals surface area contributed by atoms with Crippen molar-refractivity contribution in [2.75, 3.05) is 43.0 Å². The fourth-order valence-corrected chi connectivity index (χ4v) is 4.77. The van der Waals surface area contributed by atoms with Crippen LogP contribution in [0.5, 0.6) is 0 Å². The van der Waals surface area contributed by atoms with E-state index in [0.717, 1.165) is 43.4 Å². The Balaban J connectivity index is 0.000000152. The van der Waals surface area contributed by atoms with Gasteiger partial charge in [-0.25, -0.2) is 4.58 Å². The van der Waals surface area contributed by atoms with Crippen molar-refractivity contribution in [3.8, 4) is 0 Å². The predicted molar refractivity (Wildman–Crippen MR) is 129 cm³/mol. The number of aryl methyl sites for hydroxylation is 2. The van der Waals surface area contributed by atoms with E-state index in [0.29, 0.717) is 6.04 Å². The number of nitrogens with two attached hydrogens (primary N) is 1. The van der Waals surface area contributed by atoms with Gasteiger partial charge in [-0.2, -0.15) is 0 Å². The Hall–Kier alpha value is -2.47. The van der Waals surface area contributed by atoms with Gasteiger partial charge in [0.25, 0.3) is 0 Å². The van der Waals surface area contributed by atoms with E-state index in [9.17, 15) is 0 Å². The van der Waals surface area contributed by atoms with E-state index in [1.807, 2.05) is 12.4 Å². The Morgan fingerprint density at radius 3 is 2.48 bits per heavy atom. The molecule has 2 fully saturated rings. The van der Waals surface area contributed by atoms with Crippen molar-refractivity contribution in [3.05, 3.63) is 41.3 Å². The van der Waals surface area contributed by atoms with Crippen molar-refractivity contribution in [2.24, 2.45) is 11.7 Å². The molecule has 1 atom stereocenters. The van der Waals surface area contributed by atoms with Crippen molar-refractivity contribution >= 4 is 23.4 Å². The molecule has 0 amide bonds. The lowest BCUT2D eigenvalue weighted by molar-refractivity contribution is -0.416. The summed E-state index contributed by atoms with van der Waals surface area (Å²) in [5, 5.41) is 0. The Bertz CT molecular complexity index is 945. The van der Waals surface area contributed by atoms with E-state index in [1.54, 1.807) is 0 Å².